The number of nitrogens with one attached hydrogen (secondary N) is 1. The van der Waals surface area contributed by atoms with Crippen molar-refractivity contribution in [1.29, 1.82) is 0 Å². The smallest absolute Gasteiger partial charge is 0.260 e. The second-order valence-corrected chi connectivity index (χ2v) is 6.42. The standard InChI is InChI=1S/C17H22N4O2/c22-16-14-3-1-2-4-15(14)18-17(19-16)21-6-5-13(12-21)11-20-7-9-23-10-8-20/h1-4,13H,5-12H2,(H,18,19,22)/t13-/m0/s1. The van der Waals surface area contributed by atoms with Crippen molar-refractivity contribution in [3.8, 4) is 0 Å². The number of para-hydroxylation sites is 1. The summed E-state index contributed by atoms with van der Waals surface area (Å²) < 4.78 is 5.41. The third kappa shape index (κ3) is 3.09. The lowest BCUT2D eigenvalue weighted by molar-refractivity contribution is 0.0320. The van der Waals surface area contributed by atoms with Crippen LogP contribution in [0.2, 0.25) is 0 Å². The van der Waals surface area contributed by atoms with Gasteiger partial charge in [-0.25, -0.2) is 4.98 Å². The van der Waals surface area contributed by atoms with E-state index < -0.39 is 0 Å². The Morgan fingerprint density at radius 3 is 2.91 bits per heavy atom. The molecule has 2 aliphatic heterocycles. The minimum absolute atomic E-state index is 0.0535. The van der Waals surface area contributed by atoms with Crippen LogP contribution >= 0.6 is 0 Å². The van der Waals surface area contributed by atoms with Crippen LogP contribution in [0.25, 0.3) is 10.9 Å². The van der Waals surface area contributed by atoms with Gasteiger partial charge in [-0.05, 0) is 24.5 Å². The fraction of sp³-hybridized carbons (Fsp3) is 0.529. The van der Waals surface area contributed by atoms with Gasteiger partial charge in [0.2, 0.25) is 5.95 Å². The maximum atomic E-state index is 12.2. The minimum atomic E-state index is -0.0535. The van der Waals surface area contributed by atoms with Crippen molar-refractivity contribution in [2.24, 2.45) is 5.92 Å². The molecule has 1 N–H and O–H groups in total. The average molecular weight is 314 g/mol. The summed E-state index contributed by atoms with van der Waals surface area (Å²) in [4.78, 5) is 24.5. The van der Waals surface area contributed by atoms with Crippen molar-refractivity contribution in [1.82, 2.24) is 14.9 Å². The Kier molecular flexibility index (Phi) is 4.01. The number of morpholine rings is 1. The monoisotopic (exact) mass is 314 g/mol. The first-order chi connectivity index (χ1) is 11.3. The van der Waals surface area contributed by atoms with Gasteiger partial charge in [-0.3, -0.25) is 14.7 Å². The van der Waals surface area contributed by atoms with Gasteiger partial charge in [0.25, 0.3) is 5.56 Å². The van der Waals surface area contributed by atoms with Gasteiger partial charge in [0.1, 0.15) is 0 Å². The van der Waals surface area contributed by atoms with E-state index >= 15 is 0 Å². The quantitative estimate of drug-likeness (QED) is 0.919. The Hall–Kier alpha value is -1.92. The van der Waals surface area contributed by atoms with E-state index in [1.54, 1.807) is 0 Å². The molecule has 6 heteroatoms. The van der Waals surface area contributed by atoms with Crippen LogP contribution in [0.15, 0.2) is 29.1 Å². The highest BCUT2D eigenvalue weighted by molar-refractivity contribution is 5.78. The highest BCUT2D eigenvalue weighted by Crippen LogP contribution is 2.22. The van der Waals surface area contributed by atoms with E-state index in [0.29, 0.717) is 17.3 Å². The summed E-state index contributed by atoms with van der Waals surface area (Å²) in [5.74, 6) is 1.34. The molecule has 0 bridgehead atoms. The van der Waals surface area contributed by atoms with Gasteiger partial charge in [0, 0.05) is 32.7 Å². The number of aromatic nitrogens is 2. The Balaban J connectivity index is 1.48. The number of benzene rings is 1. The Morgan fingerprint density at radius 2 is 2.04 bits per heavy atom. The van der Waals surface area contributed by atoms with Gasteiger partial charge in [0.15, 0.2) is 0 Å². The number of anilines is 1. The molecular weight excluding hydrogens is 292 g/mol. The lowest BCUT2D eigenvalue weighted by Gasteiger charge is -2.29. The highest BCUT2D eigenvalue weighted by Gasteiger charge is 2.26. The molecule has 122 valence electrons. The largest absolute Gasteiger partial charge is 0.379 e. The zero-order valence-corrected chi connectivity index (χ0v) is 13.2. The molecule has 3 heterocycles. The number of rotatable bonds is 3. The summed E-state index contributed by atoms with van der Waals surface area (Å²) in [5, 5.41) is 0.653. The van der Waals surface area contributed by atoms with E-state index in [4.69, 9.17) is 4.74 Å². The number of hydrogen-bond donors (Lipinski definition) is 1. The van der Waals surface area contributed by atoms with E-state index in [1.807, 2.05) is 24.3 Å². The van der Waals surface area contributed by atoms with E-state index in [2.05, 4.69) is 19.8 Å². The summed E-state index contributed by atoms with van der Waals surface area (Å²) in [7, 11) is 0. The molecule has 0 spiro atoms. The fourth-order valence-electron chi connectivity index (χ4n) is 3.55. The normalized spacial score (nSPS) is 22.8. The topological polar surface area (TPSA) is 61.5 Å². The molecule has 6 nitrogen and oxygen atoms in total. The van der Waals surface area contributed by atoms with Crippen molar-refractivity contribution in [2.45, 2.75) is 6.42 Å². The third-order valence-corrected chi connectivity index (χ3v) is 4.81. The number of ether oxygens (including phenoxy) is 1. The number of fused-ring (bicyclic) bond motifs is 1. The van der Waals surface area contributed by atoms with Crippen LogP contribution in [0.4, 0.5) is 5.95 Å². The van der Waals surface area contributed by atoms with Crippen molar-refractivity contribution in [3.63, 3.8) is 0 Å². The van der Waals surface area contributed by atoms with E-state index in [-0.39, 0.29) is 5.56 Å². The zero-order chi connectivity index (χ0) is 15.6. The zero-order valence-electron chi connectivity index (χ0n) is 13.2. The van der Waals surface area contributed by atoms with E-state index in [0.717, 1.165) is 57.9 Å². The van der Waals surface area contributed by atoms with Crippen LogP contribution in [0.3, 0.4) is 0 Å². The summed E-state index contributed by atoms with van der Waals surface area (Å²) in [6.45, 7) is 6.77. The Bertz CT molecular complexity index is 739. The van der Waals surface area contributed by atoms with E-state index in [1.165, 1.54) is 0 Å². The Morgan fingerprint density at radius 1 is 1.22 bits per heavy atom. The van der Waals surface area contributed by atoms with Crippen molar-refractivity contribution < 1.29 is 4.74 Å². The van der Waals surface area contributed by atoms with Crippen LogP contribution in [0.1, 0.15) is 6.42 Å². The molecule has 0 amide bonds. The highest BCUT2D eigenvalue weighted by atomic mass is 16.5. The third-order valence-electron chi connectivity index (χ3n) is 4.81. The average Bonchev–Trinajstić information content (AvgIpc) is 3.04. The van der Waals surface area contributed by atoms with Gasteiger partial charge in [-0.2, -0.15) is 0 Å². The Labute approximate surface area is 135 Å². The predicted molar refractivity (Wildman–Crippen MR) is 89.9 cm³/mol. The molecular formula is C17H22N4O2. The first kappa shape index (κ1) is 14.7. The maximum Gasteiger partial charge on any atom is 0.260 e. The van der Waals surface area contributed by atoms with E-state index in [9.17, 15) is 4.79 Å². The van der Waals surface area contributed by atoms with Crippen LogP contribution in [0.5, 0.6) is 0 Å². The molecule has 2 aliphatic rings. The van der Waals surface area contributed by atoms with Gasteiger partial charge in [-0.1, -0.05) is 12.1 Å². The van der Waals surface area contributed by atoms with Crippen molar-refractivity contribution in [2.75, 3.05) is 50.8 Å². The molecule has 1 atom stereocenters. The lowest BCUT2D eigenvalue weighted by atomic mass is 10.1. The number of hydrogen-bond acceptors (Lipinski definition) is 5. The molecule has 2 saturated heterocycles. The van der Waals surface area contributed by atoms with Crippen molar-refractivity contribution >= 4 is 16.9 Å². The molecule has 1 aromatic carbocycles. The molecule has 0 aliphatic carbocycles. The number of aromatic amines is 1. The van der Waals surface area contributed by atoms with Gasteiger partial charge >= 0.3 is 0 Å². The summed E-state index contributed by atoms with van der Waals surface area (Å²) in [6, 6.07) is 7.50. The SMILES string of the molecule is O=c1[nH]c(N2CC[C@@H](CN3CCOCC3)C2)nc2ccccc12. The number of H-pyrrole nitrogens is 1. The van der Waals surface area contributed by atoms with Crippen LogP contribution in [0, 0.1) is 5.92 Å². The summed E-state index contributed by atoms with van der Waals surface area (Å²) in [6.07, 6.45) is 1.15. The molecule has 23 heavy (non-hydrogen) atoms. The summed E-state index contributed by atoms with van der Waals surface area (Å²) in [5.41, 5.74) is 0.713. The second kappa shape index (κ2) is 6.29. The molecule has 4 rings (SSSR count). The van der Waals surface area contributed by atoms with Crippen molar-refractivity contribution in [3.05, 3.63) is 34.6 Å². The van der Waals surface area contributed by atoms with Crippen LogP contribution in [-0.4, -0.2) is 60.8 Å². The first-order valence-corrected chi connectivity index (χ1v) is 8.34. The lowest BCUT2D eigenvalue weighted by Crippen LogP contribution is -2.40. The molecule has 0 radical (unpaired) electrons. The summed E-state index contributed by atoms with van der Waals surface area (Å²) >= 11 is 0. The van der Waals surface area contributed by atoms with Gasteiger partial charge < -0.3 is 9.64 Å². The fourth-order valence-corrected chi connectivity index (χ4v) is 3.55. The molecule has 0 unspecified atom stereocenters. The van der Waals surface area contributed by atoms with Crippen LogP contribution in [-0.2, 0) is 4.74 Å². The first-order valence-electron chi connectivity index (χ1n) is 8.34. The maximum absolute atomic E-state index is 12.2. The minimum Gasteiger partial charge on any atom is -0.379 e. The number of nitrogens with zero attached hydrogens (tertiary/aromatic N) is 3. The molecule has 1 aromatic heterocycles. The predicted octanol–water partition coefficient (Wildman–Crippen LogP) is 1.08. The molecule has 0 saturated carbocycles. The van der Waals surface area contributed by atoms with Gasteiger partial charge in [-0.15, -0.1) is 0 Å². The second-order valence-electron chi connectivity index (χ2n) is 6.42. The molecule has 2 fully saturated rings. The molecule has 2 aromatic rings. The van der Waals surface area contributed by atoms with Gasteiger partial charge in [0.05, 0.1) is 24.1 Å². The van der Waals surface area contributed by atoms with Crippen LogP contribution < -0.4 is 10.5 Å².